The van der Waals surface area contributed by atoms with E-state index in [-0.39, 0.29) is 24.9 Å². The monoisotopic (exact) mass is 315 g/mol. The Labute approximate surface area is 131 Å². The summed E-state index contributed by atoms with van der Waals surface area (Å²) >= 11 is 0. The third-order valence-corrected chi connectivity index (χ3v) is 3.29. The van der Waals surface area contributed by atoms with Crippen LogP contribution in [0.3, 0.4) is 0 Å². The number of nitrogens with zero attached hydrogens (tertiary/aromatic N) is 3. The summed E-state index contributed by atoms with van der Waals surface area (Å²) in [5, 5.41) is 19.0. The average molecular weight is 315 g/mol. The van der Waals surface area contributed by atoms with Crippen molar-refractivity contribution >= 4 is 0 Å². The maximum Gasteiger partial charge on any atom is 0.222 e. The highest BCUT2D eigenvalue weighted by Crippen LogP contribution is 2.22. The first-order valence-corrected chi connectivity index (χ1v) is 6.92. The minimum Gasteiger partial charge on any atom is -0.494 e. The second-order valence-electron chi connectivity index (χ2n) is 4.77. The van der Waals surface area contributed by atoms with E-state index in [1.807, 2.05) is 0 Å². The van der Waals surface area contributed by atoms with Crippen molar-refractivity contribution < 1.29 is 19.3 Å². The van der Waals surface area contributed by atoms with Gasteiger partial charge in [-0.3, -0.25) is 9.55 Å². The van der Waals surface area contributed by atoms with E-state index in [0.717, 1.165) is 0 Å². The molecule has 7 heteroatoms. The molecule has 118 valence electrons. The van der Waals surface area contributed by atoms with Crippen LogP contribution in [0.1, 0.15) is 0 Å². The van der Waals surface area contributed by atoms with Gasteiger partial charge in [0.2, 0.25) is 5.95 Å². The summed E-state index contributed by atoms with van der Waals surface area (Å²) in [6.45, 7) is 0.516. The highest BCUT2D eigenvalue weighted by molar-refractivity contribution is 5.58. The molecule has 0 bridgehead atoms. The van der Waals surface area contributed by atoms with Crippen LogP contribution in [0.5, 0.6) is 17.5 Å². The van der Waals surface area contributed by atoms with Gasteiger partial charge in [-0.05, 0) is 24.3 Å². The molecule has 3 rings (SSSR count). The molecule has 0 radical (unpaired) electrons. The van der Waals surface area contributed by atoms with E-state index in [9.17, 15) is 14.6 Å². The van der Waals surface area contributed by atoms with Gasteiger partial charge in [-0.15, -0.1) is 0 Å². The molecule has 0 atom stereocenters. The van der Waals surface area contributed by atoms with E-state index in [2.05, 4.69) is 9.97 Å². The summed E-state index contributed by atoms with van der Waals surface area (Å²) in [4.78, 5) is 7.73. The molecular formula is C16H14FN3O3. The number of halogens is 1. The number of aromatic nitrogens is 3. The maximum atomic E-state index is 13.6. The Morgan fingerprint density at radius 3 is 2.48 bits per heavy atom. The van der Waals surface area contributed by atoms with Gasteiger partial charge in [-0.2, -0.15) is 4.39 Å². The van der Waals surface area contributed by atoms with Gasteiger partial charge in [-0.1, -0.05) is 0 Å². The highest BCUT2D eigenvalue weighted by atomic mass is 19.1. The molecule has 0 aliphatic carbocycles. The van der Waals surface area contributed by atoms with Gasteiger partial charge in [0, 0.05) is 18.3 Å². The number of pyridine rings is 2. The van der Waals surface area contributed by atoms with Crippen LogP contribution in [0.2, 0.25) is 0 Å². The van der Waals surface area contributed by atoms with Crippen molar-refractivity contribution in [2.75, 3.05) is 6.61 Å². The fourth-order valence-electron chi connectivity index (χ4n) is 2.13. The predicted molar refractivity (Wildman–Crippen MR) is 80.7 cm³/mol. The van der Waals surface area contributed by atoms with Crippen LogP contribution >= 0.6 is 0 Å². The molecule has 0 saturated carbocycles. The Morgan fingerprint density at radius 1 is 1.04 bits per heavy atom. The standard InChI is InChI=1S/C16H14FN3O3/c17-16-12(2-1-7-18-16)13-4-3-11(10-19-13)23-9-8-20-14(21)5-6-15(20)22/h1-7,10,21-22H,8-9H2. The SMILES string of the molecule is Oc1ccc(O)n1CCOc1ccc(-c2cccnc2F)nc1. The van der Waals surface area contributed by atoms with Crippen molar-refractivity contribution in [3.63, 3.8) is 0 Å². The molecule has 23 heavy (non-hydrogen) atoms. The minimum absolute atomic E-state index is 0.0355. The zero-order valence-corrected chi connectivity index (χ0v) is 12.1. The fraction of sp³-hybridized carbons (Fsp3) is 0.125. The number of ether oxygens (including phenoxy) is 1. The number of rotatable bonds is 5. The van der Waals surface area contributed by atoms with Crippen molar-refractivity contribution in [1.29, 1.82) is 0 Å². The zero-order valence-electron chi connectivity index (χ0n) is 12.1. The smallest absolute Gasteiger partial charge is 0.222 e. The Kier molecular flexibility index (Phi) is 4.09. The van der Waals surface area contributed by atoms with E-state index in [1.165, 1.54) is 29.1 Å². The van der Waals surface area contributed by atoms with Crippen LogP contribution in [0.25, 0.3) is 11.3 Å². The van der Waals surface area contributed by atoms with E-state index in [1.54, 1.807) is 24.3 Å². The van der Waals surface area contributed by atoms with Crippen LogP contribution in [-0.4, -0.2) is 31.4 Å². The number of aromatic hydroxyl groups is 2. The quantitative estimate of drug-likeness (QED) is 0.707. The van der Waals surface area contributed by atoms with E-state index in [4.69, 9.17) is 4.74 Å². The van der Waals surface area contributed by atoms with Crippen LogP contribution < -0.4 is 4.74 Å². The second kappa shape index (κ2) is 6.35. The first-order valence-electron chi connectivity index (χ1n) is 6.92. The van der Waals surface area contributed by atoms with E-state index in [0.29, 0.717) is 17.0 Å². The lowest BCUT2D eigenvalue weighted by molar-refractivity contribution is 0.274. The van der Waals surface area contributed by atoms with Crippen molar-refractivity contribution in [2.45, 2.75) is 6.54 Å². The highest BCUT2D eigenvalue weighted by Gasteiger charge is 2.08. The molecule has 0 amide bonds. The fourth-order valence-corrected chi connectivity index (χ4v) is 2.13. The number of hydrogen-bond donors (Lipinski definition) is 2. The summed E-state index contributed by atoms with van der Waals surface area (Å²) in [5.41, 5.74) is 0.782. The molecule has 0 aliphatic rings. The molecule has 2 N–H and O–H groups in total. The molecule has 0 fully saturated rings. The summed E-state index contributed by atoms with van der Waals surface area (Å²) in [6.07, 6.45) is 2.86. The summed E-state index contributed by atoms with van der Waals surface area (Å²) < 4.78 is 20.4. The molecule has 3 aromatic rings. The van der Waals surface area contributed by atoms with Gasteiger partial charge < -0.3 is 14.9 Å². The van der Waals surface area contributed by atoms with Crippen LogP contribution in [-0.2, 0) is 6.54 Å². The molecular weight excluding hydrogens is 301 g/mol. The van der Waals surface area contributed by atoms with Crippen molar-refractivity contribution in [1.82, 2.24) is 14.5 Å². The topological polar surface area (TPSA) is 80.4 Å². The van der Waals surface area contributed by atoms with Gasteiger partial charge in [0.25, 0.3) is 0 Å². The first-order chi connectivity index (χ1) is 11.1. The van der Waals surface area contributed by atoms with Crippen molar-refractivity contribution in [2.24, 2.45) is 0 Å². The summed E-state index contributed by atoms with van der Waals surface area (Å²) in [6, 6.07) is 9.34. The largest absolute Gasteiger partial charge is 0.494 e. The summed E-state index contributed by atoms with van der Waals surface area (Å²) in [5.74, 6) is -0.144. The van der Waals surface area contributed by atoms with Gasteiger partial charge in [0.05, 0.1) is 24.0 Å². The lowest BCUT2D eigenvalue weighted by Gasteiger charge is -2.09. The Hall–Kier alpha value is -3.09. The second-order valence-corrected chi connectivity index (χ2v) is 4.77. The average Bonchev–Trinajstić information content (AvgIpc) is 2.88. The lowest BCUT2D eigenvalue weighted by atomic mass is 10.2. The molecule has 0 aromatic carbocycles. The molecule has 3 heterocycles. The predicted octanol–water partition coefficient (Wildman–Crippen LogP) is 2.57. The zero-order chi connectivity index (χ0) is 16.2. The van der Waals surface area contributed by atoms with Crippen LogP contribution in [0.4, 0.5) is 4.39 Å². The molecule has 0 spiro atoms. The minimum atomic E-state index is -0.577. The van der Waals surface area contributed by atoms with Crippen molar-refractivity contribution in [3.05, 3.63) is 54.7 Å². The Morgan fingerprint density at radius 2 is 1.83 bits per heavy atom. The maximum absolute atomic E-state index is 13.6. The lowest BCUT2D eigenvalue weighted by Crippen LogP contribution is -2.07. The molecule has 0 saturated heterocycles. The van der Waals surface area contributed by atoms with Gasteiger partial charge in [-0.25, -0.2) is 4.98 Å². The first kappa shape index (κ1) is 14.8. The van der Waals surface area contributed by atoms with E-state index >= 15 is 0 Å². The molecule has 0 aliphatic heterocycles. The van der Waals surface area contributed by atoms with E-state index < -0.39 is 5.95 Å². The van der Waals surface area contributed by atoms with Gasteiger partial charge in [0.15, 0.2) is 11.8 Å². The molecule has 6 nitrogen and oxygen atoms in total. The molecule has 3 aromatic heterocycles. The third kappa shape index (κ3) is 3.23. The number of hydrogen-bond acceptors (Lipinski definition) is 5. The molecule has 0 unspecified atom stereocenters. The summed E-state index contributed by atoms with van der Waals surface area (Å²) in [7, 11) is 0. The van der Waals surface area contributed by atoms with Crippen LogP contribution in [0, 0.1) is 5.95 Å². The van der Waals surface area contributed by atoms with Crippen molar-refractivity contribution in [3.8, 4) is 28.8 Å². The van der Waals surface area contributed by atoms with Gasteiger partial charge >= 0.3 is 0 Å². The Balaban J connectivity index is 1.63. The van der Waals surface area contributed by atoms with Gasteiger partial charge in [0.1, 0.15) is 12.4 Å². The normalized spacial score (nSPS) is 10.7. The third-order valence-electron chi connectivity index (χ3n) is 3.29. The van der Waals surface area contributed by atoms with Crippen LogP contribution in [0.15, 0.2) is 48.8 Å². The Bertz CT molecular complexity index is 783.